The first kappa shape index (κ1) is 12.7. The summed E-state index contributed by atoms with van der Waals surface area (Å²) in [5, 5.41) is 2.56. The normalized spacial score (nSPS) is 14.6. The minimum absolute atomic E-state index is 0.205. The third-order valence-electron chi connectivity index (χ3n) is 2.72. The molecule has 92 valence electrons. The van der Waals surface area contributed by atoms with Crippen LogP contribution in [0.15, 0.2) is 28.3 Å². The van der Waals surface area contributed by atoms with Crippen LogP contribution in [-0.4, -0.2) is 17.5 Å². The molecule has 0 heterocycles. The Morgan fingerprint density at radius 2 is 1.89 bits per heavy atom. The summed E-state index contributed by atoms with van der Waals surface area (Å²) >= 11 is 3.13. The van der Waals surface area contributed by atoms with Gasteiger partial charge in [-0.1, -0.05) is 12.1 Å². The molecule has 1 aromatic rings. The Hall–Kier alpha value is -1.75. The second-order valence-corrected chi connectivity index (χ2v) is 4.80. The van der Waals surface area contributed by atoms with Crippen LogP contribution >= 0.6 is 15.9 Å². The van der Waals surface area contributed by atoms with Crippen LogP contribution in [0.2, 0.25) is 0 Å². The maximum absolute atomic E-state index is 12.2. The van der Waals surface area contributed by atoms with Gasteiger partial charge in [-0.05, 0) is 28.9 Å². The molecular formula is C13H10BrNO3. The van der Waals surface area contributed by atoms with Gasteiger partial charge in [-0.15, -0.1) is 0 Å². The summed E-state index contributed by atoms with van der Waals surface area (Å²) in [7, 11) is 0. The zero-order valence-corrected chi connectivity index (χ0v) is 11.4. The van der Waals surface area contributed by atoms with E-state index in [0.717, 1.165) is 0 Å². The van der Waals surface area contributed by atoms with Crippen molar-refractivity contribution in [2.45, 2.75) is 13.8 Å². The van der Waals surface area contributed by atoms with Crippen molar-refractivity contribution in [2.75, 3.05) is 5.32 Å². The molecule has 0 spiro atoms. The third kappa shape index (κ3) is 1.90. The smallest absolute Gasteiger partial charge is 0.221 e. The maximum Gasteiger partial charge on any atom is 0.221 e. The summed E-state index contributed by atoms with van der Waals surface area (Å²) in [6.07, 6.45) is 0. The number of carbonyl (C=O) groups excluding carboxylic acids is 3. The number of nitrogens with one attached hydrogen (secondary N) is 1. The molecule has 18 heavy (non-hydrogen) atoms. The van der Waals surface area contributed by atoms with Crippen LogP contribution in [0.4, 0.5) is 5.69 Å². The van der Waals surface area contributed by atoms with Gasteiger partial charge in [-0.2, -0.15) is 0 Å². The molecule has 0 fully saturated rings. The molecule has 0 aliphatic heterocycles. The molecule has 0 radical (unpaired) electrons. The fraction of sp³-hybridized carbons (Fsp3) is 0.154. The van der Waals surface area contributed by atoms with Crippen molar-refractivity contribution < 1.29 is 14.4 Å². The van der Waals surface area contributed by atoms with E-state index in [-0.39, 0.29) is 27.5 Å². The first-order valence-corrected chi connectivity index (χ1v) is 6.09. The number of halogens is 1. The lowest BCUT2D eigenvalue weighted by Crippen LogP contribution is -2.21. The van der Waals surface area contributed by atoms with Crippen molar-refractivity contribution in [1.82, 2.24) is 0 Å². The molecule has 0 saturated heterocycles. The quantitative estimate of drug-likeness (QED) is 0.867. The van der Waals surface area contributed by atoms with E-state index in [2.05, 4.69) is 21.2 Å². The number of ketones is 2. The zero-order chi connectivity index (χ0) is 13.4. The molecule has 4 nitrogen and oxygen atoms in total. The van der Waals surface area contributed by atoms with Crippen molar-refractivity contribution in [3.8, 4) is 0 Å². The first-order valence-electron chi connectivity index (χ1n) is 5.30. The van der Waals surface area contributed by atoms with Crippen LogP contribution in [0, 0.1) is 0 Å². The molecular weight excluding hydrogens is 298 g/mol. The monoisotopic (exact) mass is 307 g/mol. The first-order chi connectivity index (χ1) is 8.43. The average Bonchev–Trinajstić information content (AvgIpc) is 2.32. The Labute approximate surface area is 112 Å². The number of amides is 1. The zero-order valence-electron chi connectivity index (χ0n) is 9.83. The Bertz CT molecular complexity index is 617. The molecule has 0 bridgehead atoms. The SMILES string of the molecule is CC(=O)Nc1cccc2c1C(=O)C(Br)=C(C)C2=O. The Kier molecular flexibility index (Phi) is 3.17. The highest BCUT2D eigenvalue weighted by molar-refractivity contribution is 9.12. The second-order valence-electron chi connectivity index (χ2n) is 4.01. The Balaban J connectivity index is 2.67. The number of allylic oxidation sites excluding steroid dienone is 2. The lowest BCUT2D eigenvalue weighted by Gasteiger charge is -2.18. The number of fused-ring (bicyclic) bond motifs is 1. The van der Waals surface area contributed by atoms with Gasteiger partial charge in [-0.25, -0.2) is 0 Å². The fourth-order valence-electron chi connectivity index (χ4n) is 1.86. The van der Waals surface area contributed by atoms with Crippen LogP contribution in [0.5, 0.6) is 0 Å². The highest BCUT2D eigenvalue weighted by Gasteiger charge is 2.30. The molecule has 0 saturated carbocycles. The largest absolute Gasteiger partial charge is 0.326 e. The molecule has 5 heteroatoms. The van der Waals surface area contributed by atoms with Crippen LogP contribution in [-0.2, 0) is 4.79 Å². The van der Waals surface area contributed by atoms with Gasteiger partial charge in [0.2, 0.25) is 11.7 Å². The fourth-order valence-corrected chi connectivity index (χ4v) is 2.24. The van der Waals surface area contributed by atoms with Gasteiger partial charge in [0, 0.05) is 18.1 Å². The number of hydrogen-bond acceptors (Lipinski definition) is 3. The minimum Gasteiger partial charge on any atom is -0.326 e. The predicted molar refractivity (Wildman–Crippen MR) is 71.0 cm³/mol. The number of rotatable bonds is 1. The van der Waals surface area contributed by atoms with Crippen molar-refractivity contribution >= 4 is 39.1 Å². The molecule has 0 unspecified atom stereocenters. The number of hydrogen-bond donors (Lipinski definition) is 1. The van der Waals surface area contributed by atoms with Gasteiger partial charge >= 0.3 is 0 Å². The summed E-state index contributed by atoms with van der Waals surface area (Å²) in [6, 6.07) is 4.83. The van der Waals surface area contributed by atoms with Gasteiger partial charge in [0.1, 0.15) is 0 Å². The number of benzene rings is 1. The van der Waals surface area contributed by atoms with Crippen molar-refractivity contribution in [3.63, 3.8) is 0 Å². The van der Waals surface area contributed by atoms with Crippen LogP contribution in [0.1, 0.15) is 34.6 Å². The second kappa shape index (κ2) is 4.49. The van der Waals surface area contributed by atoms with Gasteiger partial charge < -0.3 is 5.32 Å². The van der Waals surface area contributed by atoms with E-state index in [1.807, 2.05) is 0 Å². The molecule has 0 atom stereocenters. The predicted octanol–water partition coefficient (Wildman–Crippen LogP) is 2.69. The van der Waals surface area contributed by atoms with Crippen molar-refractivity contribution in [3.05, 3.63) is 39.4 Å². The average molecular weight is 308 g/mol. The summed E-state index contributed by atoms with van der Waals surface area (Å²) in [4.78, 5) is 35.3. The van der Waals surface area contributed by atoms with E-state index in [1.54, 1.807) is 25.1 Å². The van der Waals surface area contributed by atoms with Crippen molar-refractivity contribution in [2.24, 2.45) is 0 Å². The topological polar surface area (TPSA) is 63.2 Å². The van der Waals surface area contributed by atoms with Crippen LogP contribution in [0.3, 0.4) is 0 Å². The van der Waals surface area contributed by atoms with Gasteiger partial charge in [0.25, 0.3) is 0 Å². The number of Topliss-reactive ketones (excluding diaryl/α,β-unsaturated/α-hetero) is 2. The van der Waals surface area contributed by atoms with E-state index < -0.39 is 0 Å². The summed E-state index contributed by atoms with van der Waals surface area (Å²) in [5.74, 6) is -0.777. The third-order valence-corrected chi connectivity index (χ3v) is 3.67. The molecule has 0 aromatic heterocycles. The Morgan fingerprint density at radius 3 is 2.50 bits per heavy atom. The molecule has 1 aromatic carbocycles. The minimum atomic E-state index is -0.286. The van der Waals surface area contributed by atoms with E-state index >= 15 is 0 Å². The van der Waals surface area contributed by atoms with Crippen LogP contribution < -0.4 is 5.32 Å². The number of anilines is 1. The van der Waals surface area contributed by atoms with Gasteiger partial charge in [-0.3, -0.25) is 14.4 Å². The highest BCUT2D eigenvalue weighted by atomic mass is 79.9. The summed E-state index contributed by atoms with van der Waals surface area (Å²) in [6.45, 7) is 2.95. The maximum atomic E-state index is 12.2. The lowest BCUT2D eigenvalue weighted by atomic mass is 9.89. The lowest BCUT2D eigenvalue weighted by molar-refractivity contribution is -0.114. The summed E-state index contributed by atoms with van der Waals surface area (Å²) < 4.78 is 0.248. The van der Waals surface area contributed by atoms with E-state index in [1.165, 1.54) is 6.92 Å². The highest BCUT2D eigenvalue weighted by Crippen LogP contribution is 2.33. The molecule has 2 rings (SSSR count). The van der Waals surface area contributed by atoms with E-state index in [0.29, 0.717) is 16.8 Å². The standard InChI is InChI=1S/C13H10BrNO3/c1-6-11(14)13(18)10-8(12(6)17)4-3-5-9(10)15-7(2)16/h3-5H,1-2H3,(H,15,16). The molecule has 1 amide bonds. The number of carbonyl (C=O) groups is 3. The molecule has 1 aliphatic carbocycles. The Morgan fingerprint density at radius 1 is 1.22 bits per heavy atom. The molecule has 1 aliphatic rings. The van der Waals surface area contributed by atoms with E-state index in [4.69, 9.17) is 0 Å². The van der Waals surface area contributed by atoms with Gasteiger partial charge in [0.15, 0.2) is 5.78 Å². The van der Waals surface area contributed by atoms with Crippen molar-refractivity contribution in [1.29, 1.82) is 0 Å². The van der Waals surface area contributed by atoms with Crippen LogP contribution in [0.25, 0.3) is 0 Å². The van der Waals surface area contributed by atoms with E-state index in [9.17, 15) is 14.4 Å². The van der Waals surface area contributed by atoms with Gasteiger partial charge in [0.05, 0.1) is 15.7 Å². The summed E-state index contributed by atoms with van der Waals surface area (Å²) in [5.41, 5.74) is 1.32. The molecule has 1 N–H and O–H groups in total.